The molecule has 150 valence electrons. The standard InChI is InChI=1S/C24H26N2O3/c27-22(25-17-8-4-5-9-17)15-26-21-13-7-6-12-19(21)20-14-24(20,23(26)28)16-29-18-10-2-1-3-11-18/h1-3,6-7,10-13,17,20H,4-5,8-9,14-16H2,(H,25,27)/t20-,24+/m0/s1. The lowest BCUT2D eigenvalue weighted by Gasteiger charge is -2.34. The molecule has 5 nitrogen and oxygen atoms in total. The molecule has 0 radical (unpaired) electrons. The van der Waals surface area contributed by atoms with Crippen molar-refractivity contribution in [2.75, 3.05) is 18.1 Å². The van der Waals surface area contributed by atoms with E-state index < -0.39 is 5.41 Å². The van der Waals surface area contributed by atoms with E-state index >= 15 is 0 Å². The molecule has 2 saturated carbocycles. The molecule has 1 N–H and O–H groups in total. The molecule has 1 aliphatic heterocycles. The summed E-state index contributed by atoms with van der Waals surface area (Å²) in [6.07, 6.45) is 5.17. The van der Waals surface area contributed by atoms with E-state index in [-0.39, 0.29) is 30.3 Å². The predicted octanol–water partition coefficient (Wildman–Crippen LogP) is 3.64. The van der Waals surface area contributed by atoms with Gasteiger partial charge in [-0.25, -0.2) is 0 Å². The van der Waals surface area contributed by atoms with Crippen molar-refractivity contribution >= 4 is 17.5 Å². The zero-order chi connectivity index (χ0) is 19.8. The van der Waals surface area contributed by atoms with Crippen LogP contribution in [0.2, 0.25) is 0 Å². The third-order valence-electron chi connectivity index (χ3n) is 6.61. The summed E-state index contributed by atoms with van der Waals surface area (Å²) in [5.41, 5.74) is 1.46. The lowest BCUT2D eigenvalue weighted by molar-refractivity contribution is -0.128. The van der Waals surface area contributed by atoms with Crippen LogP contribution in [0.4, 0.5) is 5.69 Å². The lowest BCUT2D eigenvalue weighted by Crippen LogP contribution is -2.49. The normalized spacial score (nSPS) is 25.3. The van der Waals surface area contributed by atoms with Gasteiger partial charge in [-0.2, -0.15) is 0 Å². The fraction of sp³-hybridized carbons (Fsp3) is 0.417. The Morgan fingerprint density at radius 1 is 1.07 bits per heavy atom. The number of rotatable bonds is 6. The third kappa shape index (κ3) is 3.28. The molecule has 2 atom stereocenters. The summed E-state index contributed by atoms with van der Waals surface area (Å²) in [4.78, 5) is 27.9. The monoisotopic (exact) mass is 390 g/mol. The number of anilines is 1. The van der Waals surface area contributed by atoms with Gasteiger partial charge in [0.15, 0.2) is 0 Å². The second-order valence-corrected chi connectivity index (χ2v) is 8.51. The molecule has 0 spiro atoms. The molecule has 0 unspecified atom stereocenters. The highest BCUT2D eigenvalue weighted by atomic mass is 16.5. The van der Waals surface area contributed by atoms with E-state index in [2.05, 4.69) is 11.4 Å². The number of ether oxygens (including phenoxy) is 1. The molecule has 5 heteroatoms. The van der Waals surface area contributed by atoms with E-state index in [1.165, 1.54) is 0 Å². The molecule has 2 amide bonds. The Balaban J connectivity index is 1.36. The smallest absolute Gasteiger partial charge is 0.240 e. The Labute approximate surface area is 171 Å². The fourth-order valence-electron chi connectivity index (χ4n) is 4.95. The van der Waals surface area contributed by atoms with Gasteiger partial charge in [0.1, 0.15) is 18.9 Å². The van der Waals surface area contributed by atoms with Gasteiger partial charge in [0, 0.05) is 17.6 Å². The summed E-state index contributed by atoms with van der Waals surface area (Å²) in [7, 11) is 0. The van der Waals surface area contributed by atoms with Gasteiger partial charge in [-0.05, 0) is 43.0 Å². The van der Waals surface area contributed by atoms with Gasteiger partial charge in [-0.1, -0.05) is 49.2 Å². The maximum atomic E-state index is 13.5. The SMILES string of the molecule is O=C(CN1C(=O)[C@@]2(COc3ccccc3)C[C@H]2c2ccccc21)NC1CCCC1. The van der Waals surface area contributed by atoms with E-state index in [1.807, 2.05) is 48.5 Å². The van der Waals surface area contributed by atoms with Crippen LogP contribution in [0, 0.1) is 5.41 Å². The van der Waals surface area contributed by atoms with Crippen molar-refractivity contribution < 1.29 is 14.3 Å². The molecule has 0 aromatic heterocycles. The van der Waals surface area contributed by atoms with Crippen molar-refractivity contribution in [3.8, 4) is 5.75 Å². The van der Waals surface area contributed by atoms with E-state index in [9.17, 15) is 9.59 Å². The first-order valence-electron chi connectivity index (χ1n) is 10.6. The van der Waals surface area contributed by atoms with Crippen molar-refractivity contribution in [3.05, 3.63) is 60.2 Å². The maximum Gasteiger partial charge on any atom is 0.240 e. The van der Waals surface area contributed by atoms with Crippen LogP contribution in [0.15, 0.2) is 54.6 Å². The highest BCUT2D eigenvalue weighted by Crippen LogP contribution is 2.65. The van der Waals surface area contributed by atoms with Gasteiger partial charge in [-0.15, -0.1) is 0 Å². The first-order valence-corrected chi connectivity index (χ1v) is 10.6. The summed E-state index contributed by atoms with van der Waals surface area (Å²) >= 11 is 0. The number of hydrogen-bond donors (Lipinski definition) is 1. The number of amides is 2. The Morgan fingerprint density at radius 2 is 1.79 bits per heavy atom. The highest BCUT2D eigenvalue weighted by molar-refractivity contribution is 6.07. The topological polar surface area (TPSA) is 58.6 Å². The molecular weight excluding hydrogens is 364 g/mol. The van der Waals surface area contributed by atoms with Crippen LogP contribution in [-0.2, 0) is 9.59 Å². The Bertz CT molecular complexity index is 923. The largest absolute Gasteiger partial charge is 0.492 e. The van der Waals surface area contributed by atoms with Gasteiger partial charge < -0.3 is 15.0 Å². The number of nitrogens with one attached hydrogen (secondary N) is 1. The minimum atomic E-state index is -0.558. The molecule has 29 heavy (non-hydrogen) atoms. The molecule has 2 aliphatic carbocycles. The van der Waals surface area contributed by atoms with Crippen LogP contribution in [-0.4, -0.2) is 31.0 Å². The maximum absolute atomic E-state index is 13.5. The third-order valence-corrected chi connectivity index (χ3v) is 6.61. The lowest BCUT2D eigenvalue weighted by atomic mass is 9.92. The molecule has 2 aromatic carbocycles. The van der Waals surface area contributed by atoms with Crippen LogP contribution in [0.5, 0.6) is 5.75 Å². The van der Waals surface area contributed by atoms with Crippen LogP contribution < -0.4 is 15.0 Å². The molecule has 2 aromatic rings. The van der Waals surface area contributed by atoms with E-state index in [4.69, 9.17) is 4.74 Å². The zero-order valence-corrected chi connectivity index (χ0v) is 16.5. The van der Waals surface area contributed by atoms with Crippen LogP contribution >= 0.6 is 0 Å². The second kappa shape index (κ2) is 7.21. The molecule has 2 fully saturated rings. The molecule has 5 rings (SSSR count). The first kappa shape index (κ1) is 18.2. The number of para-hydroxylation sites is 2. The van der Waals surface area contributed by atoms with Crippen molar-refractivity contribution in [2.45, 2.75) is 44.1 Å². The van der Waals surface area contributed by atoms with E-state index in [0.29, 0.717) is 6.61 Å². The van der Waals surface area contributed by atoms with Gasteiger partial charge in [0.05, 0.1) is 5.41 Å². The van der Waals surface area contributed by atoms with Crippen LogP contribution in [0.3, 0.4) is 0 Å². The first-order chi connectivity index (χ1) is 14.2. The zero-order valence-electron chi connectivity index (χ0n) is 16.5. The van der Waals surface area contributed by atoms with Gasteiger partial charge >= 0.3 is 0 Å². The molecule has 0 saturated heterocycles. The van der Waals surface area contributed by atoms with Crippen molar-refractivity contribution in [1.82, 2.24) is 5.32 Å². The van der Waals surface area contributed by atoms with Crippen molar-refractivity contribution in [1.29, 1.82) is 0 Å². The van der Waals surface area contributed by atoms with E-state index in [0.717, 1.165) is 49.1 Å². The fourth-order valence-corrected chi connectivity index (χ4v) is 4.95. The van der Waals surface area contributed by atoms with Crippen LogP contribution in [0.1, 0.15) is 43.6 Å². The summed E-state index contributed by atoms with van der Waals surface area (Å²) in [5.74, 6) is 0.880. The molecule has 0 bridgehead atoms. The summed E-state index contributed by atoms with van der Waals surface area (Å²) in [5, 5.41) is 3.11. The molecular formula is C24H26N2O3. The molecule has 1 heterocycles. The highest BCUT2D eigenvalue weighted by Gasteiger charge is 2.66. The van der Waals surface area contributed by atoms with Crippen molar-refractivity contribution in [3.63, 3.8) is 0 Å². The number of nitrogens with zero attached hydrogens (tertiary/aromatic N) is 1. The Kier molecular flexibility index (Phi) is 4.53. The number of carbonyl (C=O) groups excluding carboxylic acids is 2. The average molecular weight is 390 g/mol. The van der Waals surface area contributed by atoms with Gasteiger partial charge in [0.2, 0.25) is 11.8 Å². The predicted molar refractivity (Wildman–Crippen MR) is 111 cm³/mol. The van der Waals surface area contributed by atoms with Gasteiger partial charge in [0.25, 0.3) is 0 Å². The molecule has 3 aliphatic rings. The van der Waals surface area contributed by atoms with Crippen LogP contribution in [0.25, 0.3) is 0 Å². The van der Waals surface area contributed by atoms with Gasteiger partial charge in [-0.3, -0.25) is 9.59 Å². The quantitative estimate of drug-likeness (QED) is 0.819. The summed E-state index contributed by atoms with van der Waals surface area (Å²) in [6, 6.07) is 17.8. The number of carbonyl (C=O) groups is 2. The Hall–Kier alpha value is -2.82. The summed E-state index contributed by atoms with van der Waals surface area (Å²) < 4.78 is 5.99. The van der Waals surface area contributed by atoms with Crippen molar-refractivity contribution in [2.24, 2.45) is 5.41 Å². The number of hydrogen-bond acceptors (Lipinski definition) is 3. The minimum Gasteiger partial charge on any atom is -0.492 e. The average Bonchev–Trinajstić information content (AvgIpc) is 3.29. The Morgan fingerprint density at radius 3 is 2.59 bits per heavy atom. The number of fused-ring (bicyclic) bond motifs is 3. The number of benzene rings is 2. The van der Waals surface area contributed by atoms with E-state index in [1.54, 1.807) is 4.90 Å². The summed E-state index contributed by atoms with van der Waals surface area (Å²) in [6.45, 7) is 0.418. The second-order valence-electron chi connectivity index (χ2n) is 8.51. The minimum absolute atomic E-state index is 0.0127.